The Bertz CT molecular complexity index is 1010. The second-order valence-electron chi connectivity index (χ2n) is 5.08. The summed E-state index contributed by atoms with van der Waals surface area (Å²) >= 11 is 0. The van der Waals surface area contributed by atoms with E-state index in [1.165, 1.54) is 26.4 Å². The first kappa shape index (κ1) is 16.3. The number of aromatic hydroxyl groups is 1. The molecule has 0 spiro atoms. The Hall–Kier alpha value is -3.55. The molecule has 2 N–H and O–H groups in total. The van der Waals surface area contributed by atoms with Gasteiger partial charge in [0.05, 0.1) is 25.6 Å². The Morgan fingerprint density at radius 3 is 2.68 bits per heavy atom. The molecule has 0 fully saturated rings. The highest BCUT2D eigenvalue weighted by molar-refractivity contribution is 5.79. The molecule has 0 unspecified atom stereocenters. The van der Waals surface area contributed by atoms with Crippen molar-refractivity contribution in [2.45, 2.75) is 0 Å². The summed E-state index contributed by atoms with van der Waals surface area (Å²) in [6.07, 6.45) is 6.30. The fourth-order valence-corrected chi connectivity index (χ4v) is 2.41. The molecule has 0 bridgehead atoms. The number of allylic oxidation sites excluding steroid dienone is 2. The van der Waals surface area contributed by atoms with Crippen LogP contribution in [0, 0.1) is 0 Å². The molecule has 8 nitrogen and oxygen atoms in total. The predicted octanol–water partition coefficient (Wildman–Crippen LogP) is 1.23. The van der Waals surface area contributed by atoms with Crippen LogP contribution in [0.5, 0.6) is 17.4 Å². The van der Waals surface area contributed by atoms with Gasteiger partial charge in [-0.15, -0.1) is 0 Å². The number of ether oxygens (including phenoxy) is 2. The van der Waals surface area contributed by atoms with Crippen molar-refractivity contribution in [2.75, 3.05) is 14.2 Å². The van der Waals surface area contributed by atoms with Crippen LogP contribution in [0.15, 0.2) is 50.6 Å². The smallest absolute Gasteiger partial charge is 0.335 e. The van der Waals surface area contributed by atoms with E-state index in [1.807, 2.05) is 0 Å². The van der Waals surface area contributed by atoms with Gasteiger partial charge in [0.1, 0.15) is 17.1 Å². The van der Waals surface area contributed by atoms with Gasteiger partial charge in [-0.1, -0.05) is 0 Å². The molecule has 0 aliphatic carbocycles. The van der Waals surface area contributed by atoms with E-state index in [9.17, 15) is 14.7 Å². The number of hydrogen-bond donors (Lipinski definition) is 2. The first-order valence-corrected chi connectivity index (χ1v) is 7.28. The van der Waals surface area contributed by atoms with E-state index >= 15 is 0 Å². The third-order valence-electron chi connectivity index (χ3n) is 3.62. The normalized spacial score (nSPS) is 14.2. The van der Waals surface area contributed by atoms with E-state index in [-0.39, 0.29) is 11.3 Å². The van der Waals surface area contributed by atoms with Crippen molar-refractivity contribution >= 4 is 12.3 Å². The summed E-state index contributed by atoms with van der Waals surface area (Å²) in [5.41, 5.74) is -0.914. The average Bonchev–Trinajstić information content (AvgIpc) is 3.11. The number of aromatic nitrogens is 2. The van der Waals surface area contributed by atoms with Crippen LogP contribution >= 0.6 is 0 Å². The van der Waals surface area contributed by atoms with Gasteiger partial charge in [-0.3, -0.25) is 14.8 Å². The summed E-state index contributed by atoms with van der Waals surface area (Å²) in [5, 5.41) is 10.6. The number of hydrogen-bond acceptors (Lipinski definition) is 6. The highest BCUT2D eigenvalue weighted by Gasteiger charge is 2.18. The van der Waals surface area contributed by atoms with Crippen LogP contribution in [0.2, 0.25) is 0 Å². The van der Waals surface area contributed by atoms with Crippen LogP contribution in [-0.4, -0.2) is 35.1 Å². The van der Waals surface area contributed by atoms with Crippen LogP contribution in [0.4, 0.5) is 0 Å². The van der Waals surface area contributed by atoms with Crippen molar-refractivity contribution in [2.24, 2.45) is 4.99 Å². The fraction of sp³-hybridized carbons (Fsp3) is 0.118. The standard InChI is InChI=1S/C17H15N3O5/c1-24-11-5-6-14(25-2)13(9-11)20-16(22)12(15(21)19-17(20)23)8-10-4-3-7-18-10/h3-9,22H,1-2H3,(H,19,21,23)/b10-8-. The number of H-pyrrole nitrogens is 1. The van der Waals surface area contributed by atoms with Crippen molar-refractivity contribution in [1.29, 1.82) is 0 Å². The van der Waals surface area contributed by atoms with E-state index in [0.717, 1.165) is 4.57 Å². The molecule has 2 heterocycles. The lowest BCUT2D eigenvalue weighted by molar-refractivity contribution is 0.393. The SMILES string of the molecule is COc1ccc(OC)c(-n2c(O)c(/C=C3/C=CC=N3)c(=O)[nH]c2=O)c1. The second kappa shape index (κ2) is 6.52. The second-order valence-corrected chi connectivity index (χ2v) is 5.08. The molecule has 3 rings (SSSR count). The van der Waals surface area contributed by atoms with E-state index < -0.39 is 17.1 Å². The molecule has 25 heavy (non-hydrogen) atoms. The molecule has 1 aliphatic rings. The summed E-state index contributed by atoms with van der Waals surface area (Å²) in [7, 11) is 2.90. The number of benzene rings is 1. The van der Waals surface area contributed by atoms with Gasteiger partial charge < -0.3 is 14.6 Å². The Morgan fingerprint density at radius 1 is 1.24 bits per heavy atom. The largest absolute Gasteiger partial charge is 0.497 e. The van der Waals surface area contributed by atoms with Crippen molar-refractivity contribution in [3.8, 4) is 23.1 Å². The van der Waals surface area contributed by atoms with Crippen LogP contribution in [0.1, 0.15) is 5.56 Å². The van der Waals surface area contributed by atoms with E-state index in [1.54, 1.807) is 30.5 Å². The fourth-order valence-electron chi connectivity index (χ4n) is 2.41. The molecule has 8 heteroatoms. The maximum absolute atomic E-state index is 12.3. The van der Waals surface area contributed by atoms with Gasteiger partial charge in [0, 0.05) is 12.3 Å². The minimum Gasteiger partial charge on any atom is -0.497 e. The van der Waals surface area contributed by atoms with E-state index in [4.69, 9.17) is 9.47 Å². The molecule has 128 valence electrons. The highest BCUT2D eigenvalue weighted by atomic mass is 16.5. The zero-order valence-electron chi connectivity index (χ0n) is 13.5. The predicted molar refractivity (Wildman–Crippen MR) is 93.0 cm³/mol. The van der Waals surface area contributed by atoms with Gasteiger partial charge in [0.25, 0.3) is 5.56 Å². The summed E-state index contributed by atoms with van der Waals surface area (Å²) in [5.74, 6) is 0.252. The Morgan fingerprint density at radius 2 is 2.04 bits per heavy atom. The van der Waals surface area contributed by atoms with Gasteiger partial charge in [0.2, 0.25) is 5.88 Å². The molecule has 1 aromatic heterocycles. The summed E-state index contributed by atoms with van der Waals surface area (Å²) in [6.45, 7) is 0. The molecule has 0 saturated carbocycles. The summed E-state index contributed by atoms with van der Waals surface area (Å²) in [6, 6.07) is 4.76. The van der Waals surface area contributed by atoms with Crippen molar-refractivity contribution < 1.29 is 14.6 Å². The number of rotatable bonds is 4. The summed E-state index contributed by atoms with van der Waals surface area (Å²) < 4.78 is 11.3. The average molecular weight is 341 g/mol. The Kier molecular flexibility index (Phi) is 4.25. The lowest BCUT2D eigenvalue weighted by atomic mass is 10.2. The van der Waals surface area contributed by atoms with Gasteiger partial charge in [-0.2, -0.15) is 0 Å². The van der Waals surface area contributed by atoms with Crippen molar-refractivity contribution in [3.63, 3.8) is 0 Å². The monoisotopic (exact) mass is 341 g/mol. The van der Waals surface area contributed by atoms with Gasteiger partial charge in [-0.25, -0.2) is 9.36 Å². The number of nitrogens with zero attached hydrogens (tertiary/aromatic N) is 2. The quantitative estimate of drug-likeness (QED) is 0.870. The molecule has 1 aliphatic heterocycles. The highest BCUT2D eigenvalue weighted by Crippen LogP contribution is 2.30. The lowest BCUT2D eigenvalue weighted by Crippen LogP contribution is -2.30. The first-order chi connectivity index (χ1) is 12.0. The molecule has 1 aromatic carbocycles. The zero-order chi connectivity index (χ0) is 18.0. The van der Waals surface area contributed by atoms with Gasteiger partial charge in [-0.05, 0) is 30.4 Å². The van der Waals surface area contributed by atoms with E-state index in [2.05, 4.69) is 9.98 Å². The topological polar surface area (TPSA) is 106 Å². The van der Waals surface area contributed by atoms with E-state index in [0.29, 0.717) is 17.2 Å². The first-order valence-electron chi connectivity index (χ1n) is 7.28. The molecule has 0 radical (unpaired) electrons. The van der Waals surface area contributed by atoms with Gasteiger partial charge >= 0.3 is 5.69 Å². The zero-order valence-corrected chi connectivity index (χ0v) is 13.5. The Labute approximate surface area is 142 Å². The molecule has 0 amide bonds. The number of methoxy groups -OCH3 is 2. The number of aliphatic imine (C=N–C) groups is 1. The lowest BCUT2D eigenvalue weighted by Gasteiger charge is -2.14. The number of aromatic amines is 1. The molecular formula is C17H15N3O5. The third kappa shape index (κ3) is 2.97. The van der Waals surface area contributed by atoms with Crippen LogP contribution in [-0.2, 0) is 0 Å². The van der Waals surface area contributed by atoms with Crippen molar-refractivity contribution in [3.05, 3.63) is 62.4 Å². The van der Waals surface area contributed by atoms with Crippen LogP contribution in [0.3, 0.4) is 0 Å². The third-order valence-corrected chi connectivity index (χ3v) is 3.62. The maximum atomic E-state index is 12.3. The van der Waals surface area contributed by atoms with Crippen LogP contribution < -0.4 is 20.7 Å². The molecule has 2 aromatic rings. The molecule has 0 atom stereocenters. The summed E-state index contributed by atoms with van der Waals surface area (Å²) in [4.78, 5) is 30.6. The minimum atomic E-state index is -0.804. The molecule has 0 saturated heterocycles. The maximum Gasteiger partial charge on any atom is 0.335 e. The van der Waals surface area contributed by atoms with Crippen molar-refractivity contribution in [1.82, 2.24) is 9.55 Å². The number of nitrogens with one attached hydrogen (secondary N) is 1. The Balaban J connectivity index is 2.29. The molecular weight excluding hydrogens is 326 g/mol. The van der Waals surface area contributed by atoms with Gasteiger partial charge in [0.15, 0.2) is 0 Å². The van der Waals surface area contributed by atoms with Crippen LogP contribution in [0.25, 0.3) is 11.8 Å². The minimum absolute atomic E-state index is 0.0943.